The summed E-state index contributed by atoms with van der Waals surface area (Å²) in [6, 6.07) is 83.2. The largest absolute Gasteiger partial charge is 0.507 e. The number of aromatic hydroxyl groups is 2. The van der Waals surface area contributed by atoms with Crippen LogP contribution in [0.1, 0.15) is 169 Å². The van der Waals surface area contributed by atoms with E-state index < -0.39 is 0 Å². The molecule has 2 heterocycles. The molecule has 6 nitrogen and oxygen atoms in total. The number of aromatic nitrogens is 2. The van der Waals surface area contributed by atoms with Crippen molar-refractivity contribution in [3.63, 3.8) is 0 Å². The summed E-state index contributed by atoms with van der Waals surface area (Å²) >= 11 is 3.40. The minimum absolute atomic E-state index is 0. The van der Waals surface area contributed by atoms with Gasteiger partial charge in [0.05, 0.1) is 21.6 Å². The molecule has 105 heavy (non-hydrogen) atoms. The van der Waals surface area contributed by atoms with Gasteiger partial charge >= 0.3 is 0 Å². The molecule has 2 N–H and O–H groups in total. The zero-order valence-corrected chi connectivity index (χ0v) is 67.7. The number of hydrogen-bond donors (Lipinski definition) is 2. The number of hydrogen-bond acceptors (Lipinski definition) is 8. The number of aliphatic imine (C=N–C) groups is 2. The maximum atomic E-state index is 11.4. The van der Waals surface area contributed by atoms with E-state index in [2.05, 4.69) is 319 Å². The second kappa shape index (κ2) is 29.1. The van der Waals surface area contributed by atoms with Crippen molar-refractivity contribution in [3.8, 4) is 77.1 Å². The van der Waals surface area contributed by atoms with E-state index in [4.69, 9.17) is 20.0 Å². The van der Waals surface area contributed by atoms with Crippen LogP contribution in [0.4, 0.5) is 11.4 Å². The van der Waals surface area contributed by atoms with Crippen molar-refractivity contribution in [1.29, 1.82) is 0 Å². The Bertz CT molecular complexity index is 5280. The van der Waals surface area contributed by atoms with E-state index in [1.165, 1.54) is 60.5 Å². The molecule has 0 aliphatic carbocycles. The normalized spacial score (nSPS) is 12.6. The van der Waals surface area contributed by atoms with Crippen LogP contribution in [-0.4, -0.2) is 32.6 Å². The summed E-state index contributed by atoms with van der Waals surface area (Å²) < 4.78 is 2.29. The van der Waals surface area contributed by atoms with Crippen LogP contribution in [0, 0.1) is 6.07 Å². The number of phenolic OH excluding ortho intramolecular Hbond substituents is 2. The second-order valence-electron chi connectivity index (χ2n) is 33.9. The molecule has 0 saturated carbocycles. The number of thiazole rings is 2. The molecule has 0 atom stereocenters. The molecule has 0 saturated heterocycles. The Morgan fingerprint density at radius 1 is 0.333 bits per heavy atom. The Hall–Kier alpha value is -9.43. The van der Waals surface area contributed by atoms with Gasteiger partial charge in [-0.1, -0.05) is 287 Å². The maximum absolute atomic E-state index is 11.4. The van der Waals surface area contributed by atoms with Crippen molar-refractivity contribution in [2.75, 3.05) is 0 Å². The van der Waals surface area contributed by atoms with E-state index >= 15 is 0 Å². The first-order chi connectivity index (χ1) is 49.1. The molecule has 0 aliphatic rings. The Morgan fingerprint density at radius 3 is 1.11 bits per heavy atom. The number of fused-ring (bicyclic) bond motifs is 4. The quantitative estimate of drug-likeness (QED) is 0.105. The van der Waals surface area contributed by atoms with Gasteiger partial charge in [-0.3, -0.25) is 9.98 Å². The fourth-order valence-corrected chi connectivity index (χ4v) is 15.4. The second-order valence-corrected chi connectivity index (χ2v) is 36.0. The van der Waals surface area contributed by atoms with Gasteiger partial charge in [0.15, 0.2) is 0 Å². The van der Waals surface area contributed by atoms with Crippen LogP contribution >= 0.6 is 22.7 Å². The summed E-state index contributed by atoms with van der Waals surface area (Å²) in [5, 5.41) is 29.6. The third-order valence-corrected chi connectivity index (χ3v) is 21.8. The predicted octanol–water partition coefficient (Wildman–Crippen LogP) is 27.4. The average molecular weight is 1600 g/mol. The molecule has 0 radical (unpaired) electrons. The van der Waals surface area contributed by atoms with Crippen molar-refractivity contribution in [1.82, 2.24) is 9.97 Å². The van der Waals surface area contributed by atoms with Crippen LogP contribution in [0.2, 0.25) is 0 Å². The van der Waals surface area contributed by atoms with Gasteiger partial charge in [-0.05, 0) is 154 Å². The monoisotopic (exact) mass is 1590 g/mol. The smallest absolute Gasteiger partial charge is 0.128 e. The first-order valence-corrected chi connectivity index (χ1v) is 37.8. The van der Waals surface area contributed by atoms with E-state index in [1.807, 2.05) is 42.6 Å². The summed E-state index contributed by atoms with van der Waals surface area (Å²) in [7, 11) is 0. The standard InChI is InChI=1S/C48H48N2OS.C48H47N2OS.Pt/c2*1-46(2,3)36-25-35(44(51)40(27-36)48(7,8)9)29-49-41-17-13-12-16-38(41)45-50-43-39(26-37(47(4,5)6)28-42(43)52-45)32-21-18-31(19-22-32)34-23-20-30-14-10-11-15-33(30)24-34;/h10-29,51H,1-9H3;10-21,23-29,51H,1-9H3;/q;-1;. The zero-order chi connectivity index (χ0) is 74.0. The summed E-state index contributed by atoms with van der Waals surface area (Å²) in [5.41, 5.74) is 22.1. The third-order valence-electron chi connectivity index (χ3n) is 19.8. The van der Waals surface area contributed by atoms with E-state index in [0.717, 1.165) is 103 Å². The molecular weight excluding hydrogens is 1500 g/mol. The predicted molar refractivity (Wildman–Crippen MR) is 449 cm³/mol. The SMILES string of the molecule is CC(C)(C)c1cc(C=Nc2ccccc2-c2nc3c(-c4[c-]cc(-c5ccc6ccccc6c5)cc4)cc(C(C)(C)C)cc3s2)c(O)c(C(C)(C)C)c1.CC(C)(C)c1cc(C=Nc2ccccc2-c2nc3c(-c4ccc(-c5ccc6ccccc6c5)cc4)cc(C(C)(C)C)cc3s2)c(O)c(C(C)(C)C)c1.[Pt]. The molecule has 2 aromatic heterocycles. The summed E-state index contributed by atoms with van der Waals surface area (Å²) in [6.07, 6.45) is 3.62. The fraction of sp³-hybridized carbons (Fsp3) is 0.250. The van der Waals surface area contributed by atoms with Gasteiger partial charge in [-0.25, -0.2) is 9.97 Å². The Morgan fingerprint density at radius 2 is 0.695 bits per heavy atom. The van der Waals surface area contributed by atoms with Crippen molar-refractivity contribution >= 4 is 88.5 Å². The Balaban J connectivity index is 0.000000195. The van der Waals surface area contributed by atoms with E-state index in [0.29, 0.717) is 0 Å². The summed E-state index contributed by atoms with van der Waals surface area (Å²) in [4.78, 5) is 20.6. The van der Waals surface area contributed by atoms with Gasteiger partial charge in [-0.15, -0.1) is 52.5 Å². The van der Waals surface area contributed by atoms with E-state index in [-0.39, 0.29) is 65.1 Å². The molecule has 0 unspecified atom stereocenters. The van der Waals surface area contributed by atoms with Crippen molar-refractivity contribution in [3.05, 3.63) is 275 Å². The first kappa shape index (κ1) is 75.3. The molecular formula is C96H95N4O2PtS2-. The van der Waals surface area contributed by atoms with Gasteiger partial charge in [0.1, 0.15) is 21.5 Å². The van der Waals surface area contributed by atoms with E-state index in [1.54, 1.807) is 28.9 Å². The molecule has 0 spiro atoms. The molecule has 12 aromatic carbocycles. The van der Waals surface area contributed by atoms with Crippen LogP contribution in [0.15, 0.2) is 234 Å². The topological polar surface area (TPSA) is 91.0 Å². The molecule has 14 aromatic rings. The van der Waals surface area contributed by atoms with Crippen molar-refractivity contribution < 1.29 is 31.3 Å². The molecule has 0 aliphatic heterocycles. The number of para-hydroxylation sites is 2. The summed E-state index contributed by atoms with van der Waals surface area (Å²) in [6.45, 7) is 39.6. The van der Waals surface area contributed by atoms with Gasteiger partial charge in [-0.2, -0.15) is 0 Å². The zero-order valence-electron chi connectivity index (χ0n) is 63.8. The number of rotatable bonds is 10. The van der Waals surface area contributed by atoms with Crippen LogP contribution in [0.5, 0.6) is 11.5 Å². The summed E-state index contributed by atoms with van der Waals surface area (Å²) in [5.74, 6) is 0.566. The molecule has 9 heteroatoms. The minimum Gasteiger partial charge on any atom is -0.507 e. The fourth-order valence-electron chi connectivity index (χ4n) is 13.3. The van der Waals surface area contributed by atoms with Gasteiger partial charge in [0.2, 0.25) is 0 Å². The number of phenols is 2. The van der Waals surface area contributed by atoms with Crippen molar-refractivity contribution in [2.45, 2.75) is 157 Å². The maximum Gasteiger partial charge on any atom is 0.128 e. The van der Waals surface area contributed by atoms with Crippen molar-refractivity contribution in [2.24, 2.45) is 9.98 Å². The van der Waals surface area contributed by atoms with Crippen LogP contribution in [-0.2, 0) is 53.6 Å². The number of nitrogens with zero attached hydrogens (tertiary/aromatic N) is 4. The van der Waals surface area contributed by atoms with Crippen LogP contribution in [0.25, 0.3) is 108 Å². The van der Waals surface area contributed by atoms with Crippen LogP contribution < -0.4 is 0 Å². The van der Waals surface area contributed by atoms with Gasteiger partial charge in [0, 0.05) is 82.7 Å². The van der Waals surface area contributed by atoms with E-state index in [9.17, 15) is 10.2 Å². The molecule has 0 bridgehead atoms. The average Bonchev–Trinajstić information content (AvgIpc) is 1.64. The molecule has 0 amide bonds. The molecule has 0 fully saturated rings. The molecule has 534 valence electrons. The first-order valence-electron chi connectivity index (χ1n) is 36.2. The van der Waals surface area contributed by atoms with Crippen LogP contribution in [0.3, 0.4) is 0 Å². The number of benzene rings is 12. The molecule has 14 rings (SSSR count). The Labute approximate surface area is 644 Å². The van der Waals surface area contributed by atoms with Gasteiger partial charge in [0.25, 0.3) is 0 Å². The van der Waals surface area contributed by atoms with Gasteiger partial charge < -0.3 is 10.2 Å². The Kier molecular flexibility index (Phi) is 20.9. The minimum atomic E-state index is -0.218. The third kappa shape index (κ3) is 16.4.